The topological polar surface area (TPSA) is 68.2 Å². The van der Waals surface area contributed by atoms with Crippen LogP contribution < -0.4 is 15.4 Å². The number of aryl methyl sites for hydroxylation is 1. The van der Waals surface area contributed by atoms with E-state index in [0.29, 0.717) is 12.5 Å². The normalized spacial score (nSPS) is 19.2. The molecular formula is C17H22N4O2. The van der Waals surface area contributed by atoms with E-state index in [0.717, 1.165) is 25.1 Å². The molecule has 2 amide bonds. The molecule has 2 atom stereocenters. The van der Waals surface area contributed by atoms with Gasteiger partial charge in [-0.2, -0.15) is 5.10 Å². The summed E-state index contributed by atoms with van der Waals surface area (Å²) in [6.07, 6.45) is 5.49. The Bertz CT molecular complexity index is 642. The lowest BCUT2D eigenvalue weighted by molar-refractivity contribution is 0.240. The van der Waals surface area contributed by atoms with Crippen molar-refractivity contribution in [2.75, 3.05) is 13.7 Å². The van der Waals surface area contributed by atoms with Gasteiger partial charge in [0.05, 0.1) is 7.11 Å². The van der Waals surface area contributed by atoms with E-state index >= 15 is 0 Å². The van der Waals surface area contributed by atoms with Crippen molar-refractivity contribution in [3.8, 4) is 5.75 Å². The first-order chi connectivity index (χ1) is 11.3. The second-order valence-electron chi connectivity index (χ2n) is 5.71. The fourth-order valence-electron chi connectivity index (χ4n) is 2.77. The molecule has 0 saturated heterocycles. The highest BCUT2D eigenvalue weighted by atomic mass is 16.5. The Morgan fingerprint density at radius 2 is 2.26 bits per heavy atom. The Balaban J connectivity index is 1.38. The molecule has 6 nitrogen and oxygen atoms in total. The maximum absolute atomic E-state index is 11.9. The first-order valence-electron chi connectivity index (χ1n) is 7.92. The van der Waals surface area contributed by atoms with E-state index in [2.05, 4.69) is 21.8 Å². The van der Waals surface area contributed by atoms with Crippen molar-refractivity contribution in [2.45, 2.75) is 31.3 Å². The average molecular weight is 314 g/mol. The number of urea groups is 1. The minimum absolute atomic E-state index is 0.104. The van der Waals surface area contributed by atoms with Gasteiger partial charge in [0.2, 0.25) is 0 Å². The highest BCUT2D eigenvalue weighted by molar-refractivity contribution is 5.75. The van der Waals surface area contributed by atoms with Crippen LogP contribution in [-0.2, 0) is 6.54 Å². The molecule has 1 aromatic heterocycles. The zero-order chi connectivity index (χ0) is 16.1. The third-order valence-electron chi connectivity index (χ3n) is 4.05. The quantitative estimate of drug-likeness (QED) is 0.769. The van der Waals surface area contributed by atoms with Crippen LogP contribution in [0.4, 0.5) is 4.79 Å². The van der Waals surface area contributed by atoms with Gasteiger partial charge in [0.15, 0.2) is 0 Å². The van der Waals surface area contributed by atoms with E-state index < -0.39 is 0 Å². The van der Waals surface area contributed by atoms with Gasteiger partial charge in [-0.3, -0.25) is 4.68 Å². The number of rotatable bonds is 7. The summed E-state index contributed by atoms with van der Waals surface area (Å²) in [6.45, 7) is 1.44. The van der Waals surface area contributed by atoms with Crippen molar-refractivity contribution in [1.82, 2.24) is 20.4 Å². The van der Waals surface area contributed by atoms with E-state index in [4.69, 9.17) is 4.74 Å². The number of hydrogen-bond donors (Lipinski definition) is 2. The molecule has 122 valence electrons. The largest absolute Gasteiger partial charge is 0.496 e. The lowest BCUT2D eigenvalue weighted by Gasteiger charge is -2.09. The minimum atomic E-state index is -0.104. The smallest absolute Gasteiger partial charge is 0.315 e. The molecule has 3 rings (SSSR count). The maximum Gasteiger partial charge on any atom is 0.315 e. The number of para-hydroxylation sites is 1. The Morgan fingerprint density at radius 1 is 1.39 bits per heavy atom. The first kappa shape index (κ1) is 15.4. The highest BCUT2D eigenvalue weighted by Crippen LogP contribution is 2.44. The van der Waals surface area contributed by atoms with E-state index in [-0.39, 0.29) is 12.1 Å². The molecule has 23 heavy (non-hydrogen) atoms. The Morgan fingerprint density at radius 3 is 3.04 bits per heavy atom. The SMILES string of the molecule is COc1ccccc1[C@@H]1C[C@@H]1NC(=O)NCCCn1cccn1. The first-order valence-corrected chi connectivity index (χ1v) is 7.92. The molecule has 1 aromatic carbocycles. The van der Waals surface area contributed by atoms with Crippen molar-refractivity contribution in [1.29, 1.82) is 0 Å². The predicted molar refractivity (Wildman–Crippen MR) is 87.5 cm³/mol. The van der Waals surface area contributed by atoms with Crippen LogP contribution in [0.3, 0.4) is 0 Å². The number of carbonyl (C=O) groups is 1. The molecule has 1 saturated carbocycles. The number of amides is 2. The van der Waals surface area contributed by atoms with Crippen molar-refractivity contribution in [3.05, 3.63) is 48.3 Å². The molecule has 1 heterocycles. The van der Waals surface area contributed by atoms with Gasteiger partial charge in [-0.25, -0.2) is 4.79 Å². The number of ether oxygens (including phenoxy) is 1. The number of benzene rings is 1. The lowest BCUT2D eigenvalue weighted by atomic mass is 10.1. The van der Waals surface area contributed by atoms with Crippen molar-refractivity contribution >= 4 is 6.03 Å². The standard InChI is InChI=1S/C17H22N4O2/c1-23-16-7-3-2-6-13(16)14-12-15(14)20-17(22)18-8-4-10-21-11-5-9-19-21/h2-3,5-7,9,11,14-15H,4,8,10,12H2,1H3,(H2,18,20,22)/t14-,15-/m0/s1. The third kappa shape index (κ3) is 4.03. The highest BCUT2D eigenvalue weighted by Gasteiger charge is 2.41. The number of nitrogens with zero attached hydrogens (tertiary/aromatic N) is 2. The second-order valence-corrected chi connectivity index (χ2v) is 5.71. The monoisotopic (exact) mass is 314 g/mol. The summed E-state index contributed by atoms with van der Waals surface area (Å²) in [5.41, 5.74) is 1.17. The van der Waals surface area contributed by atoms with Gasteiger partial charge in [-0.05, 0) is 30.5 Å². The molecular weight excluding hydrogens is 292 g/mol. The number of nitrogens with one attached hydrogen (secondary N) is 2. The number of aromatic nitrogens is 2. The average Bonchev–Trinajstić information content (AvgIpc) is 3.12. The van der Waals surface area contributed by atoms with Crippen molar-refractivity contribution < 1.29 is 9.53 Å². The number of methoxy groups -OCH3 is 1. The zero-order valence-electron chi connectivity index (χ0n) is 13.2. The molecule has 0 unspecified atom stereocenters. The summed E-state index contributed by atoms with van der Waals surface area (Å²) in [7, 11) is 1.68. The van der Waals surface area contributed by atoms with Crippen LogP contribution >= 0.6 is 0 Å². The summed E-state index contributed by atoms with van der Waals surface area (Å²) in [6, 6.07) is 9.96. The van der Waals surface area contributed by atoms with Crippen LogP contribution in [-0.4, -0.2) is 35.5 Å². The molecule has 0 bridgehead atoms. The second kappa shape index (κ2) is 7.17. The van der Waals surface area contributed by atoms with Crippen molar-refractivity contribution in [2.24, 2.45) is 0 Å². The van der Waals surface area contributed by atoms with Gasteiger partial charge in [-0.1, -0.05) is 18.2 Å². The summed E-state index contributed by atoms with van der Waals surface area (Å²) in [4.78, 5) is 11.9. The molecule has 6 heteroatoms. The van der Waals surface area contributed by atoms with E-state index in [1.54, 1.807) is 13.3 Å². The Kier molecular flexibility index (Phi) is 4.80. The molecule has 1 aliphatic rings. The molecule has 0 spiro atoms. The number of carbonyl (C=O) groups excluding carboxylic acids is 1. The Hall–Kier alpha value is -2.50. The third-order valence-corrected chi connectivity index (χ3v) is 4.05. The van der Waals surface area contributed by atoms with Crippen LogP contribution in [0.25, 0.3) is 0 Å². The minimum Gasteiger partial charge on any atom is -0.496 e. The predicted octanol–water partition coefficient (Wildman–Crippen LogP) is 2.14. The van der Waals surface area contributed by atoms with Gasteiger partial charge in [0, 0.05) is 37.4 Å². The Labute approximate surface area is 135 Å². The van der Waals surface area contributed by atoms with Crippen LogP contribution in [0.15, 0.2) is 42.7 Å². The molecule has 1 aliphatic carbocycles. The molecule has 2 N–H and O–H groups in total. The van der Waals surface area contributed by atoms with Gasteiger partial charge >= 0.3 is 6.03 Å². The van der Waals surface area contributed by atoms with Crippen LogP contribution in [0.5, 0.6) is 5.75 Å². The summed E-state index contributed by atoms with van der Waals surface area (Å²) < 4.78 is 7.24. The fraction of sp³-hybridized carbons (Fsp3) is 0.412. The molecule has 0 aliphatic heterocycles. The molecule has 1 fully saturated rings. The number of hydrogen-bond acceptors (Lipinski definition) is 3. The fourth-order valence-corrected chi connectivity index (χ4v) is 2.77. The van der Waals surface area contributed by atoms with Crippen LogP contribution in [0.1, 0.15) is 24.3 Å². The van der Waals surface area contributed by atoms with Gasteiger partial charge < -0.3 is 15.4 Å². The van der Waals surface area contributed by atoms with Gasteiger partial charge in [-0.15, -0.1) is 0 Å². The maximum atomic E-state index is 11.9. The molecule has 2 aromatic rings. The van der Waals surface area contributed by atoms with E-state index in [1.165, 1.54) is 5.56 Å². The van der Waals surface area contributed by atoms with Gasteiger partial charge in [0.1, 0.15) is 5.75 Å². The van der Waals surface area contributed by atoms with Crippen LogP contribution in [0.2, 0.25) is 0 Å². The van der Waals surface area contributed by atoms with Crippen LogP contribution in [0, 0.1) is 0 Å². The lowest BCUT2D eigenvalue weighted by Crippen LogP contribution is -2.38. The summed E-state index contributed by atoms with van der Waals surface area (Å²) in [5.74, 6) is 1.24. The molecule has 0 radical (unpaired) electrons. The van der Waals surface area contributed by atoms with E-state index in [1.807, 2.05) is 35.1 Å². The summed E-state index contributed by atoms with van der Waals surface area (Å²) in [5, 5.41) is 10.0. The van der Waals surface area contributed by atoms with E-state index in [9.17, 15) is 4.79 Å². The zero-order valence-corrected chi connectivity index (χ0v) is 13.2. The summed E-state index contributed by atoms with van der Waals surface area (Å²) >= 11 is 0. The van der Waals surface area contributed by atoms with Crippen molar-refractivity contribution in [3.63, 3.8) is 0 Å². The van der Waals surface area contributed by atoms with Gasteiger partial charge in [0.25, 0.3) is 0 Å².